The first-order chi connectivity index (χ1) is 9.16. The summed E-state index contributed by atoms with van der Waals surface area (Å²) in [7, 11) is 0. The first-order valence-electron chi connectivity index (χ1n) is 6.54. The number of rotatable bonds is 2. The maximum atomic E-state index is 11.1. The Morgan fingerprint density at radius 3 is 2.25 bits per heavy atom. The van der Waals surface area contributed by atoms with Crippen molar-refractivity contribution in [2.24, 2.45) is 5.18 Å². The average Bonchev–Trinajstić information content (AvgIpc) is 2.92. The van der Waals surface area contributed by atoms with Gasteiger partial charge in [-0.25, -0.2) is 0 Å². The number of hydrogen-bond acceptors (Lipinski definition) is 7. The highest BCUT2D eigenvalue weighted by atomic mass is 35.5. The van der Waals surface area contributed by atoms with E-state index < -0.39 is 41.2 Å². The molecule has 0 spiro atoms. The molecule has 3 aliphatic rings. The smallest absolute Gasteiger partial charge is 0.306 e. The maximum Gasteiger partial charge on any atom is 0.306 e. The lowest BCUT2D eigenvalue weighted by atomic mass is 10.1. The lowest BCUT2D eigenvalue weighted by molar-refractivity contribution is -0.211. The lowest BCUT2D eigenvalue weighted by Gasteiger charge is -2.27. The van der Waals surface area contributed by atoms with E-state index in [1.54, 1.807) is 27.7 Å². The second-order valence-corrected chi connectivity index (χ2v) is 6.71. The number of hydrogen-bond donors (Lipinski definition) is 0. The number of halogens is 1. The van der Waals surface area contributed by atoms with Crippen LogP contribution in [0.4, 0.5) is 0 Å². The lowest BCUT2D eigenvalue weighted by Crippen LogP contribution is -2.40. The summed E-state index contributed by atoms with van der Waals surface area (Å²) >= 11 is 6.12. The summed E-state index contributed by atoms with van der Waals surface area (Å²) in [6.45, 7) is 7.44. The molecule has 0 N–H and O–H groups in total. The van der Waals surface area contributed by atoms with Gasteiger partial charge in [0.2, 0.25) is 0 Å². The monoisotopic (exact) mass is 307 g/mol. The fraction of sp³-hybridized carbons (Fsp3) is 1.00. The van der Waals surface area contributed by atoms with Crippen LogP contribution >= 0.6 is 11.6 Å². The summed E-state index contributed by atoms with van der Waals surface area (Å²) < 4.78 is 28.3. The fourth-order valence-corrected chi connectivity index (χ4v) is 3.14. The van der Waals surface area contributed by atoms with Crippen LogP contribution in [0.1, 0.15) is 27.7 Å². The number of nitrogens with zero attached hydrogens (tertiary/aromatic N) is 1. The highest BCUT2D eigenvalue weighted by molar-refractivity contribution is 6.23. The summed E-state index contributed by atoms with van der Waals surface area (Å²) in [5.74, 6) is -1.55. The average molecular weight is 308 g/mol. The normalized spacial score (nSPS) is 49.2. The van der Waals surface area contributed by atoms with E-state index in [0.29, 0.717) is 6.61 Å². The standard InChI is InChI=1S/C12H18ClNO6/c1-10(2)16-5-6(17-10)7-8-9(12(13,14-15)19-7)20-11(3,4)18-8/h6-9H,5H2,1-4H3/t6-,7-,8+,9+,12-/m0/s1. The molecule has 8 heteroatoms. The van der Waals surface area contributed by atoms with Gasteiger partial charge in [0.05, 0.1) is 6.61 Å². The zero-order valence-electron chi connectivity index (χ0n) is 11.8. The molecule has 3 rings (SSSR count). The van der Waals surface area contributed by atoms with Crippen molar-refractivity contribution in [2.45, 2.75) is 68.9 Å². The topological polar surface area (TPSA) is 75.6 Å². The molecule has 0 aliphatic carbocycles. The van der Waals surface area contributed by atoms with Gasteiger partial charge in [0.15, 0.2) is 17.7 Å². The van der Waals surface area contributed by atoms with Gasteiger partial charge in [-0.05, 0) is 32.9 Å². The Bertz CT molecular complexity index is 430. The van der Waals surface area contributed by atoms with Crippen LogP contribution in [0.3, 0.4) is 0 Å². The van der Waals surface area contributed by atoms with Gasteiger partial charge in [0, 0.05) is 0 Å². The first kappa shape index (κ1) is 14.6. The number of nitroso groups, excluding NO2 is 1. The molecule has 0 aromatic rings. The van der Waals surface area contributed by atoms with Crippen molar-refractivity contribution in [3.8, 4) is 0 Å². The summed E-state index contributed by atoms with van der Waals surface area (Å²) in [6.07, 6.45) is -2.26. The molecular weight excluding hydrogens is 290 g/mol. The van der Waals surface area contributed by atoms with Crippen molar-refractivity contribution in [3.05, 3.63) is 4.91 Å². The Morgan fingerprint density at radius 2 is 1.70 bits per heavy atom. The molecule has 20 heavy (non-hydrogen) atoms. The molecule has 3 aliphatic heterocycles. The minimum Gasteiger partial charge on any atom is -0.348 e. The van der Waals surface area contributed by atoms with E-state index in [2.05, 4.69) is 5.18 Å². The number of ether oxygens (including phenoxy) is 5. The van der Waals surface area contributed by atoms with Crippen LogP contribution in [-0.4, -0.2) is 47.8 Å². The maximum absolute atomic E-state index is 11.1. The van der Waals surface area contributed by atoms with E-state index >= 15 is 0 Å². The SMILES string of the molecule is CC1(C)OC[C@@H]([C@@H]2O[C@@](Cl)(N=O)[C@@H]3OC(C)(C)O[C@H]23)O1. The molecule has 7 nitrogen and oxygen atoms in total. The van der Waals surface area contributed by atoms with Gasteiger partial charge in [0.1, 0.15) is 18.3 Å². The summed E-state index contributed by atoms with van der Waals surface area (Å²) in [6, 6.07) is 0. The third-order valence-electron chi connectivity index (χ3n) is 3.63. The van der Waals surface area contributed by atoms with E-state index in [1.165, 1.54) is 0 Å². The number of fused-ring (bicyclic) bond motifs is 1. The van der Waals surface area contributed by atoms with E-state index in [9.17, 15) is 4.91 Å². The Morgan fingerprint density at radius 1 is 1.00 bits per heavy atom. The molecule has 3 saturated heterocycles. The van der Waals surface area contributed by atoms with E-state index in [-0.39, 0.29) is 0 Å². The van der Waals surface area contributed by atoms with Gasteiger partial charge >= 0.3 is 5.18 Å². The Balaban J connectivity index is 1.84. The van der Waals surface area contributed by atoms with E-state index in [1.807, 2.05) is 0 Å². The molecule has 0 bridgehead atoms. The molecule has 5 atom stereocenters. The predicted molar refractivity (Wildman–Crippen MR) is 68.0 cm³/mol. The number of alkyl halides is 1. The Kier molecular flexibility index (Phi) is 3.18. The van der Waals surface area contributed by atoms with Crippen LogP contribution in [-0.2, 0) is 23.7 Å². The van der Waals surface area contributed by atoms with Crippen molar-refractivity contribution in [1.29, 1.82) is 0 Å². The predicted octanol–water partition coefficient (Wildman–Crippen LogP) is 1.72. The third kappa shape index (κ3) is 2.26. The van der Waals surface area contributed by atoms with Crippen molar-refractivity contribution >= 4 is 11.6 Å². The largest absolute Gasteiger partial charge is 0.348 e. The highest BCUT2D eigenvalue weighted by Gasteiger charge is 2.66. The molecule has 0 saturated carbocycles. The minimum absolute atomic E-state index is 0.330. The van der Waals surface area contributed by atoms with Gasteiger partial charge in [-0.15, -0.1) is 4.91 Å². The summed E-state index contributed by atoms with van der Waals surface area (Å²) in [5, 5.41) is 1.09. The van der Waals surface area contributed by atoms with Gasteiger partial charge in [-0.3, -0.25) is 0 Å². The first-order valence-corrected chi connectivity index (χ1v) is 6.92. The van der Waals surface area contributed by atoms with Gasteiger partial charge < -0.3 is 23.7 Å². The quantitative estimate of drug-likeness (QED) is 0.439. The fourth-order valence-electron chi connectivity index (χ4n) is 2.87. The molecule has 114 valence electrons. The minimum atomic E-state index is -1.79. The van der Waals surface area contributed by atoms with E-state index in [4.69, 9.17) is 35.3 Å². The molecule has 0 radical (unpaired) electrons. The molecule has 0 amide bonds. The van der Waals surface area contributed by atoms with Crippen molar-refractivity contribution in [3.63, 3.8) is 0 Å². The van der Waals surface area contributed by atoms with Gasteiger partial charge in [-0.2, -0.15) is 0 Å². The van der Waals surface area contributed by atoms with Crippen LogP contribution < -0.4 is 0 Å². The Labute approximate surface area is 121 Å². The molecule has 0 unspecified atom stereocenters. The summed E-state index contributed by atoms with van der Waals surface area (Å²) in [5.41, 5.74) is 0. The van der Waals surface area contributed by atoms with Crippen LogP contribution in [0.25, 0.3) is 0 Å². The van der Waals surface area contributed by atoms with Crippen molar-refractivity contribution in [1.82, 2.24) is 0 Å². The Hall–Kier alpha value is -0.310. The van der Waals surface area contributed by atoms with Crippen molar-refractivity contribution in [2.75, 3.05) is 6.61 Å². The molecule has 0 aromatic carbocycles. The van der Waals surface area contributed by atoms with Crippen molar-refractivity contribution < 1.29 is 23.7 Å². The molecular formula is C12H18ClNO6. The van der Waals surface area contributed by atoms with Crippen LogP contribution in [0.5, 0.6) is 0 Å². The van der Waals surface area contributed by atoms with Crippen LogP contribution in [0.15, 0.2) is 5.18 Å². The van der Waals surface area contributed by atoms with Gasteiger partial charge in [0.25, 0.3) is 0 Å². The second-order valence-electron chi connectivity index (χ2n) is 6.17. The highest BCUT2D eigenvalue weighted by Crippen LogP contribution is 2.48. The molecule has 3 fully saturated rings. The van der Waals surface area contributed by atoms with Crippen LogP contribution in [0, 0.1) is 4.91 Å². The second kappa shape index (κ2) is 4.34. The zero-order valence-corrected chi connectivity index (χ0v) is 12.5. The van der Waals surface area contributed by atoms with E-state index in [0.717, 1.165) is 0 Å². The molecule has 0 aromatic heterocycles. The third-order valence-corrected chi connectivity index (χ3v) is 4.00. The van der Waals surface area contributed by atoms with Crippen LogP contribution in [0.2, 0.25) is 0 Å². The zero-order chi connectivity index (χ0) is 14.8. The molecule has 3 heterocycles. The van der Waals surface area contributed by atoms with Gasteiger partial charge in [-0.1, -0.05) is 11.6 Å². The summed E-state index contributed by atoms with van der Waals surface area (Å²) in [4.78, 5) is 11.1.